The number of sulfonamides is 1. The van der Waals surface area contributed by atoms with Crippen LogP contribution < -0.4 is 10.6 Å². The van der Waals surface area contributed by atoms with Crippen molar-refractivity contribution in [2.24, 2.45) is 5.92 Å². The standard InChI is InChI=1S/C18H27N3O3S/c1-21(2)25(23,24)17-6-4-3-5-14(17)12-19-18(22)11-13-9-15-7-8-16(10-13)20-15/h3-6,13,15-16,20H,7-12H2,1-2H3,(H,19,22). The summed E-state index contributed by atoms with van der Waals surface area (Å²) in [4.78, 5) is 12.6. The Morgan fingerprint density at radius 3 is 2.48 bits per heavy atom. The molecule has 0 aliphatic carbocycles. The Kier molecular flexibility index (Phi) is 5.46. The number of piperidine rings is 1. The number of rotatable bonds is 6. The van der Waals surface area contributed by atoms with E-state index in [1.54, 1.807) is 24.3 Å². The second-order valence-corrected chi connectivity index (χ2v) is 9.47. The highest BCUT2D eigenvalue weighted by molar-refractivity contribution is 7.89. The van der Waals surface area contributed by atoms with Gasteiger partial charge in [0.1, 0.15) is 0 Å². The van der Waals surface area contributed by atoms with Crippen molar-refractivity contribution in [1.82, 2.24) is 14.9 Å². The molecule has 2 fully saturated rings. The molecule has 6 nitrogen and oxygen atoms in total. The monoisotopic (exact) mass is 365 g/mol. The van der Waals surface area contributed by atoms with Crippen molar-refractivity contribution in [3.63, 3.8) is 0 Å². The van der Waals surface area contributed by atoms with Gasteiger partial charge in [-0.15, -0.1) is 0 Å². The fraction of sp³-hybridized carbons (Fsp3) is 0.611. The Balaban J connectivity index is 1.59. The zero-order chi connectivity index (χ0) is 18.0. The molecule has 2 saturated heterocycles. The molecule has 0 radical (unpaired) electrons. The molecule has 2 aliphatic heterocycles. The van der Waals surface area contributed by atoms with E-state index in [0.29, 0.717) is 30.0 Å². The highest BCUT2D eigenvalue weighted by Gasteiger charge is 2.34. The van der Waals surface area contributed by atoms with Crippen molar-refractivity contribution in [2.45, 2.75) is 55.6 Å². The van der Waals surface area contributed by atoms with Gasteiger partial charge in [-0.3, -0.25) is 4.79 Å². The van der Waals surface area contributed by atoms with Gasteiger partial charge in [-0.25, -0.2) is 12.7 Å². The number of carbonyl (C=O) groups is 1. The van der Waals surface area contributed by atoms with E-state index in [1.807, 2.05) is 0 Å². The zero-order valence-electron chi connectivity index (χ0n) is 14.9. The third-order valence-corrected chi connectivity index (χ3v) is 7.17. The van der Waals surface area contributed by atoms with Gasteiger partial charge >= 0.3 is 0 Å². The van der Waals surface area contributed by atoms with E-state index in [4.69, 9.17) is 0 Å². The first-order valence-electron chi connectivity index (χ1n) is 8.89. The fourth-order valence-corrected chi connectivity index (χ4v) is 5.08. The molecule has 2 unspecified atom stereocenters. The van der Waals surface area contributed by atoms with Crippen molar-refractivity contribution in [3.8, 4) is 0 Å². The lowest BCUT2D eigenvalue weighted by Crippen LogP contribution is -2.39. The minimum atomic E-state index is -3.52. The smallest absolute Gasteiger partial charge is 0.242 e. The molecule has 138 valence electrons. The largest absolute Gasteiger partial charge is 0.352 e. The van der Waals surface area contributed by atoms with Gasteiger partial charge in [0.25, 0.3) is 0 Å². The van der Waals surface area contributed by atoms with Gasteiger partial charge in [0.15, 0.2) is 0 Å². The van der Waals surface area contributed by atoms with Crippen LogP contribution in [0.1, 0.15) is 37.7 Å². The van der Waals surface area contributed by atoms with Crippen molar-refractivity contribution < 1.29 is 13.2 Å². The summed E-state index contributed by atoms with van der Waals surface area (Å²) in [6.07, 6.45) is 5.10. The Bertz CT molecular complexity index is 721. The number of benzene rings is 1. The van der Waals surface area contributed by atoms with Crippen LogP contribution >= 0.6 is 0 Å². The topological polar surface area (TPSA) is 78.5 Å². The Hall–Kier alpha value is -1.44. The van der Waals surface area contributed by atoms with Gasteiger partial charge in [0.05, 0.1) is 4.90 Å². The van der Waals surface area contributed by atoms with Crippen molar-refractivity contribution in [2.75, 3.05) is 14.1 Å². The Morgan fingerprint density at radius 1 is 1.20 bits per heavy atom. The van der Waals surface area contributed by atoms with Gasteiger partial charge in [0, 0.05) is 39.1 Å². The fourth-order valence-electron chi connectivity index (χ4n) is 3.97. The molecule has 2 heterocycles. The molecule has 3 rings (SSSR count). The number of hydrogen-bond acceptors (Lipinski definition) is 4. The number of nitrogens with zero attached hydrogens (tertiary/aromatic N) is 1. The molecule has 0 spiro atoms. The first-order valence-corrected chi connectivity index (χ1v) is 10.3. The SMILES string of the molecule is CN(C)S(=O)(=O)c1ccccc1CNC(=O)CC1CC2CCC(C1)N2. The number of fused-ring (bicyclic) bond motifs is 2. The summed E-state index contributed by atoms with van der Waals surface area (Å²) >= 11 is 0. The van der Waals surface area contributed by atoms with Crippen LogP contribution in [0, 0.1) is 5.92 Å². The molecule has 2 bridgehead atoms. The van der Waals surface area contributed by atoms with Gasteiger partial charge in [-0.2, -0.15) is 0 Å². The Labute approximate surface area is 150 Å². The molecular weight excluding hydrogens is 338 g/mol. The van der Waals surface area contributed by atoms with E-state index >= 15 is 0 Å². The number of amides is 1. The minimum Gasteiger partial charge on any atom is -0.352 e. The predicted octanol–water partition coefficient (Wildman–Crippen LogP) is 1.47. The highest BCUT2D eigenvalue weighted by Crippen LogP contribution is 2.32. The summed E-state index contributed by atoms with van der Waals surface area (Å²) in [7, 11) is -0.495. The van der Waals surface area contributed by atoms with Crippen LogP contribution in [0.25, 0.3) is 0 Å². The van der Waals surface area contributed by atoms with E-state index in [1.165, 1.54) is 31.2 Å². The summed E-state index contributed by atoms with van der Waals surface area (Å²) in [5.41, 5.74) is 0.620. The summed E-state index contributed by atoms with van der Waals surface area (Å²) in [6, 6.07) is 7.97. The lowest BCUT2D eigenvalue weighted by Gasteiger charge is -2.28. The van der Waals surface area contributed by atoms with Gasteiger partial charge in [-0.05, 0) is 43.2 Å². The molecule has 1 amide bonds. The second kappa shape index (κ2) is 7.43. The van der Waals surface area contributed by atoms with Crippen LogP contribution in [0.2, 0.25) is 0 Å². The summed E-state index contributed by atoms with van der Waals surface area (Å²) in [6.45, 7) is 0.236. The minimum absolute atomic E-state index is 0.00311. The van der Waals surface area contributed by atoms with E-state index in [-0.39, 0.29) is 17.3 Å². The molecule has 2 aliphatic rings. The van der Waals surface area contributed by atoms with Gasteiger partial charge in [-0.1, -0.05) is 18.2 Å². The normalized spacial score (nSPS) is 26.0. The first kappa shape index (κ1) is 18.4. The van der Waals surface area contributed by atoms with Crippen LogP contribution in [0.4, 0.5) is 0 Å². The molecule has 25 heavy (non-hydrogen) atoms. The number of hydrogen-bond donors (Lipinski definition) is 2. The number of carbonyl (C=O) groups excluding carboxylic acids is 1. The van der Waals surface area contributed by atoms with Crippen LogP contribution in [0.5, 0.6) is 0 Å². The molecule has 1 aromatic rings. The van der Waals surface area contributed by atoms with Crippen LogP contribution in [-0.4, -0.2) is 44.8 Å². The third-order valence-electron chi connectivity index (χ3n) is 5.25. The van der Waals surface area contributed by atoms with Crippen molar-refractivity contribution >= 4 is 15.9 Å². The second-order valence-electron chi connectivity index (χ2n) is 7.35. The first-order chi connectivity index (χ1) is 11.9. The van der Waals surface area contributed by atoms with Crippen molar-refractivity contribution in [1.29, 1.82) is 0 Å². The summed E-state index contributed by atoms with van der Waals surface area (Å²) in [5.74, 6) is 0.433. The molecular formula is C18H27N3O3S. The third kappa shape index (κ3) is 4.22. The average molecular weight is 365 g/mol. The molecule has 0 aromatic heterocycles. The van der Waals surface area contributed by atoms with Gasteiger partial charge in [0.2, 0.25) is 15.9 Å². The molecule has 2 N–H and O–H groups in total. The molecule has 7 heteroatoms. The average Bonchev–Trinajstić information content (AvgIpc) is 2.91. The molecule has 0 saturated carbocycles. The molecule has 1 aromatic carbocycles. The van der Waals surface area contributed by atoms with Crippen LogP contribution in [0.3, 0.4) is 0 Å². The maximum atomic E-state index is 12.4. The summed E-state index contributed by atoms with van der Waals surface area (Å²) < 4.78 is 26.0. The van der Waals surface area contributed by atoms with E-state index in [2.05, 4.69) is 10.6 Å². The lowest BCUT2D eigenvalue weighted by molar-refractivity contribution is -0.122. The van der Waals surface area contributed by atoms with Crippen LogP contribution in [0.15, 0.2) is 29.2 Å². The number of nitrogens with one attached hydrogen (secondary N) is 2. The zero-order valence-corrected chi connectivity index (χ0v) is 15.7. The Morgan fingerprint density at radius 2 is 1.84 bits per heavy atom. The molecule has 2 atom stereocenters. The van der Waals surface area contributed by atoms with Crippen LogP contribution in [-0.2, 0) is 21.4 Å². The maximum absolute atomic E-state index is 12.4. The summed E-state index contributed by atoms with van der Waals surface area (Å²) in [5, 5.41) is 6.49. The van der Waals surface area contributed by atoms with Gasteiger partial charge < -0.3 is 10.6 Å². The van der Waals surface area contributed by atoms with Crippen molar-refractivity contribution in [3.05, 3.63) is 29.8 Å². The van der Waals surface area contributed by atoms with E-state index in [9.17, 15) is 13.2 Å². The lowest BCUT2D eigenvalue weighted by atomic mass is 9.89. The quantitative estimate of drug-likeness (QED) is 0.800. The van der Waals surface area contributed by atoms with E-state index in [0.717, 1.165) is 12.8 Å². The maximum Gasteiger partial charge on any atom is 0.242 e. The highest BCUT2D eigenvalue weighted by atomic mass is 32.2. The predicted molar refractivity (Wildman–Crippen MR) is 96.4 cm³/mol. The van der Waals surface area contributed by atoms with E-state index < -0.39 is 10.0 Å².